The predicted octanol–water partition coefficient (Wildman–Crippen LogP) is 20.1. The summed E-state index contributed by atoms with van der Waals surface area (Å²) in [5, 5.41) is 2.43. The molecule has 354 valence electrons. The van der Waals surface area contributed by atoms with Gasteiger partial charge in [-0.25, -0.2) is 0 Å². The monoisotopic (exact) mass is 957 g/mol. The van der Waals surface area contributed by atoms with E-state index in [1.54, 1.807) is 0 Å². The highest BCUT2D eigenvalue weighted by Gasteiger charge is 2.17. The third-order valence-electron chi connectivity index (χ3n) is 14.4. The molecule has 12 aromatic carbocycles. The average molecular weight is 958 g/mol. The summed E-state index contributed by atoms with van der Waals surface area (Å²) >= 11 is 0. The topological polar surface area (TPSA) is 11.4 Å². The molecule has 13 rings (SSSR count). The Morgan fingerprint density at radius 3 is 0.733 bits per heavy atom. The summed E-state index contributed by atoms with van der Waals surface area (Å²) in [5.41, 5.74) is 22.1. The molecule has 0 spiro atoms. The van der Waals surface area contributed by atoms with E-state index in [-0.39, 0.29) is 0 Å². The lowest BCUT2D eigenvalue weighted by molar-refractivity contribution is 1.18. The lowest BCUT2D eigenvalue weighted by Gasteiger charge is -2.25. The van der Waals surface area contributed by atoms with Crippen molar-refractivity contribution < 1.29 is 0 Å². The van der Waals surface area contributed by atoms with E-state index in [0.717, 1.165) is 39.8 Å². The zero-order chi connectivity index (χ0) is 49.9. The van der Waals surface area contributed by atoms with Crippen molar-refractivity contribution in [2.24, 2.45) is 0 Å². The highest BCUT2D eigenvalue weighted by Crippen LogP contribution is 2.41. The molecule has 0 bridgehead atoms. The molecule has 0 atom stereocenters. The average Bonchev–Trinajstić information content (AvgIpc) is 3.83. The number of hydrogen-bond donors (Lipinski definition) is 0. The van der Waals surface area contributed by atoms with Crippen molar-refractivity contribution in [3.63, 3.8) is 0 Å². The van der Waals surface area contributed by atoms with Gasteiger partial charge in [-0.1, -0.05) is 200 Å². The second kappa shape index (κ2) is 19.9. The molecular weight excluding hydrogens is 907 g/mol. The minimum Gasteiger partial charge on any atom is -0.311 e. The van der Waals surface area contributed by atoms with E-state index in [1.807, 2.05) is 0 Å². The van der Waals surface area contributed by atoms with E-state index in [2.05, 4.69) is 324 Å². The molecule has 0 saturated carbocycles. The molecule has 0 aliphatic heterocycles. The fourth-order valence-corrected chi connectivity index (χ4v) is 10.6. The summed E-state index contributed by atoms with van der Waals surface area (Å²) in [5.74, 6) is 0. The van der Waals surface area contributed by atoms with Crippen molar-refractivity contribution in [2.75, 3.05) is 9.80 Å². The zero-order valence-electron chi connectivity index (χ0n) is 41.3. The Kier molecular flexibility index (Phi) is 11.9. The summed E-state index contributed by atoms with van der Waals surface area (Å²) < 4.78 is 2.42. The Hall–Kier alpha value is -9.96. The van der Waals surface area contributed by atoms with Gasteiger partial charge in [0.1, 0.15) is 0 Å². The second-order valence-corrected chi connectivity index (χ2v) is 19.0. The van der Waals surface area contributed by atoms with Gasteiger partial charge in [-0.05, 0) is 165 Å². The highest BCUT2D eigenvalue weighted by molar-refractivity contribution is 6.11. The SMILES string of the molecule is c1ccc(-c2ccc(-n3c4ccc(-c5ccc(-c6ccc(N(c7ccccc7)c7ccccc7)cc6)cc5)cc4c4cc(-c5ccc(-c6ccc(N(c7ccccc7)c7ccccc7)cc6)cc5)ccc43)cc2)cc1. The van der Waals surface area contributed by atoms with Gasteiger partial charge < -0.3 is 14.4 Å². The highest BCUT2D eigenvalue weighted by atomic mass is 15.1. The van der Waals surface area contributed by atoms with Crippen LogP contribution in [0, 0.1) is 0 Å². The van der Waals surface area contributed by atoms with Crippen LogP contribution < -0.4 is 9.80 Å². The molecule has 0 unspecified atom stereocenters. The molecule has 0 aliphatic rings. The van der Waals surface area contributed by atoms with E-state index in [1.165, 1.54) is 77.4 Å². The largest absolute Gasteiger partial charge is 0.311 e. The number of nitrogens with zero attached hydrogens (tertiary/aromatic N) is 3. The van der Waals surface area contributed by atoms with Crippen LogP contribution in [0.1, 0.15) is 0 Å². The van der Waals surface area contributed by atoms with Crippen LogP contribution in [-0.4, -0.2) is 4.57 Å². The zero-order valence-corrected chi connectivity index (χ0v) is 41.3. The molecule has 1 heterocycles. The number of para-hydroxylation sites is 4. The van der Waals surface area contributed by atoms with Crippen LogP contribution in [0.4, 0.5) is 34.1 Å². The molecular formula is C72H51N3. The molecule has 0 aliphatic carbocycles. The summed E-state index contributed by atoms with van der Waals surface area (Å²) in [7, 11) is 0. The molecule has 1 aromatic heterocycles. The molecule has 3 heteroatoms. The molecule has 13 aromatic rings. The Morgan fingerprint density at radius 1 is 0.187 bits per heavy atom. The number of rotatable bonds is 12. The second-order valence-electron chi connectivity index (χ2n) is 19.0. The van der Waals surface area contributed by atoms with Crippen LogP contribution >= 0.6 is 0 Å². The van der Waals surface area contributed by atoms with Gasteiger partial charge >= 0.3 is 0 Å². The van der Waals surface area contributed by atoms with Crippen molar-refractivity contribution in [1.82, 2.24) is 4.57 Å². The van der Waals surface area contributed by atoms with E-state index < -0.39 is 0 Å². The number of benzene rings is 12. The standard InChI is InChI=1S/C72H51N3/c1-6-16-52(17-7-1)55-38-46-68(47-39-55)75-71-48-40-60(58-30-26-53(27-31-58)56-34-42-66(43-35-56)73(62-18-8-2-9-19-62)63-20-10-3-11-21-63)50-69(71)70-51-61(41-49-72(70)75)59-32-28-54(29-33-59)57-36-44-67(45-37-57)74(64-22-12-4-13-23-64)65-24-14-5-15-25-65/h1-51H. The van der Waals surface area contributed by atoms with Crippen LogP contribution in [0.3, 0.4) is 0 Å². The molecule has 0 fully saturated rings. The number of fused-ring (bicyclic) bond motifs is 3. The molecule has 0 saturated heterocycles. The third-order valence-corrected chi connectivity index (χ3v) is 14.4. The van der Waals surface area contributed by atoms with Crippen LogP contribution in [-0.2, 0) is 0 Å². The van der Waals surface area contributed by atoms with Gasteiger partial charge in [0.15, 0.2) is 0 Å². The maximum absolute atomic E-state index is 2.42. The van der Waals surface area contributed by atoms with Crippen molar-refractivity contribution in [3.05, 3.63) is 309 Å². The van der Waals surface area contributed by atoms with Crippen LogP contribution in [0.25, 0.3) is 83.1 Å². The summed E-state index contributed by atoms with van der Waals surface area (Å²) in [6.07, 6.45) is 0. The van der Waals surface area contributed by atoms with Gasteiger partial charge in [0.25, 0.3) is 0 Å². The quantitative estimate of drug-likeness (QED) is 0.121. The first kappa shape index (κ1) is 44.9. The van der Waals surface area contributed by atoms with Gasteiger partial charge in [0.05, 0.1) is 11.0 Å². The van der Waals surface area contributed by atoms with Crippen molar-refractivity contribution in [1.29, 1.82) is 0 Å². The Bertz CT molecular complexity index is 3720. The van der Waals surface area contributed by atoms with Gasteiger partial charge in [-0.3, -0.25) is 0 Å². The summed E-state index contributed by atoms with van der Waals surface area (Å²) in [4.78, 5) is 4.60. The lowest BCUT2D eigenvalue weighted by atomic mass is 9.97. The third kappa shape index (κ3) is 8.94. The predicted molar refractivity (Wildman–Crippen MR) is 317 cm³/mol. The number of hydrogen-bond acceptors (Lipinski definition) is 2. The van der Waals surface area contributed by atoms with Gasteiger partial charge in [-0.2, -0.15) is 0 Å². The number of anilines is 6. The number of aromatic nitrogens is 1. The first-order valence-electron chi connectivity index (χ1n) is 25.6. The van der Waals surface area contributed by atoms with E-state index in [9.17, 15) is 0 Å². The Morgan fingerprint density at radius 2 is 0.413 bits per heavy atom. The normalized spacial score (nSPS) is 11.2. The first-order chi connectivity index (χ1) is 37.2. The van der Waals surface area contributed by atoms with Crippen molar-refractivity contribution in [3.8, 4) is 61.3 Å². The molecule has 3 nitrogen and oxygen atoms in total. The smallest absolute Gasteiger partial charge is 0.0541 e. The van der Waals surface area contributed by atoms with E-state index in [0.29, 0.717) is 0 Å². The van der Waals surface area contributed by atoms with Gasteiger partial charge in [-0.15, -0.1) is 0 Å². The van der Waals surface area contributed by atoms with E-state index >= 15 is 0 Å². The molecule has 0 radical (unpaired) electrons. The molecule has 0 amide bonds. The first-order valence-corrected chi connectivity index (χ1v) is 25.6. The molecule has 75 heavy (non-hydrogen) atoms. The van der Waals surface area contributed by atoms with Gasteiger partial charge in [0.2, 0.25) is 0 Å². The Labute approximate surface area is 438 Å². The van der Waals surface area contributed by atoms with Crippen molar-refractivity contribution >= 4 is 55.9 Å². The fraction of sp³-hybridized carbons (Fsp3) is 0. The summed E-state index contributed by atoms with van der Waals surface area (Å²) in [6, 6.07) is 112. The minimum atomic E-state index is 1.12. The van der Waals surface area contributed by atoms with Crippen LogP contribution in [0.15, 0.2) is 309 Å². The van der Waals surface area contributed by atoms with Crippen molar-refractivity contribution in [2.45, 2.75) is 0 Å². The maximum Gasteiger partial charge on any atom is 0.0541 e. The van der Waals surface area contributed by atoms with Crippen LogP contribution in [0.2, 0.25) is 0 Å². The van der Waals surface area contributed by atoms with Gasteiger partial charge in [0, 0.05) is 50.6 Å². The summed E-state index contributed by atoms with van der Waals surface area (Å²) in [6.45, 7) is 0. The van der Waals surface area contributed by atoms with Crippen LogP contribution in [0.5, 0.6) is 0 Å². The minimum absolute atomic E-state index is 1.12. The maximum atomic E-state index is 2.42. The lowest BCUT2D eigenvalue weighted by Crippen LogP contribution is -2.09. The Balaban J connectivity index is 0.824. The van der Waals surface area contributed by atoms with E-state index in [4.69, 9.17) is 0 Å². The fourth-order valence-electron chi connectivity index (χ4n) is 10.6. The molecule has 0 N–H and O–H groups in total.